The molecule has 4 heteroatoms. The lowest BCUT2D eigenvalue weighted by atomic mass is 9.99. The number of benzene rings is 7. The van der Waals surface area contributed by atoms with E-state index in [9.17, 15) is 0 Å². The fourth-order valence-electron chi connectivity index (χ4n) is 6.23. The molecule has 0 aliphatic heterocycles. The third-order valence-corrected chi connectivity index (χ3v) is 8.49. The molecule has 0 radical (unpaired) electrons. The molecule has 0 unspecified atom stereocenters. The van der Waals surface area contributed by atoms with Gasteiger partial charge in [0.1, 0.15) is 11.2 Å². The Kier molecular flexibility index (Phi) is 5.78. The predicted molar refractivity (Wildman–Crippen MR) is 184 cm³/mol. The lowest BCUT2D eigenvalue weighted by Gasteiger charge is -2.10. The minimum atomic E-state index is 0.604. The van der Waals surface area contributed by atoms with Crippen LogP contribution in [0.5, 0.6) is 0 Å². The van der Waals surface area contributed by atoms with Gasteiger partial charge in [-0.2, -0.15) is 0 Å². The number of furan rings is 1. The van der Waals surface area contributed by atoms with Crippen LogP contribution in [0.2, 0.25) is 0 Å². The first-order chi connectivity index (χ1) is 22.3. The van der Waals surface area contributed by atoms with E-state index >= 15 is 0 Å². The molecule has 0 N–H and O–H groups in total. The lowest BCUT2D eigenvalue weighted by Crippen LogP contribution is -2.00. The Morgan fingerprint density at radius 3 is 1.84 bits per heavy atom. The number of rotatable bonds is 4. The maximum Gasteiger partial charge on any atom is 0.164 e. The van der Waals surface area contributed by atoms with Crippen molar-refractivity contribution >= 4 is 43.5 Å². The van der Waals surface area contributed by atoms with E-state index in [1.807, 2.05) is 54.6 Å². The Bertz CT molecular complexity index is 2530. The Balaban J connectivity index is 1.20. The first kappa shape index (κ1) is 25.4. The zero-order valence-electron chi connectivity index (χ0n) is 24.2. The van der Waals surface area contributed by atoms with Gasteiger partial charge in [0.05, 0.1) is 0 Å². The third kappa shape index (κ3) is 4.43. The van der Waals surface area contributed by atoms with Crippen molar-refractivity contribution in [2.75, 3.05) is 0 Å². The summed E-state index contributed by atoms with van der Waals surface area (Å²) in [7, 11) is 0. The van der Waals surface area contributed by atoms with E-state index in [1.165, 1.54) is 16.5 Å². The summed E-state index contributed by atoms with van der Waals surface area (Å²) < 4.78 is 6.45. The van der Waals surface area contributed by atoms with Gasteiger partial charge < -0.3 is 4.42 Å². The minimum Gasteiger partial charge on any atom is -0.456 e. The van der Waals surface area contributed by atoms with Gasteiger partial charge in [0, 0.05) is 27.5 Å². The van der Waals surface area contributed by atoms with Crippen LogP contribution in [0.3, 0.4) is 0 Å². The summed E-state index contributed by atoms with van der Waals surface area (Å²) in [5.41, 5.74) is 6.85. The van der Waals surface area contributed by atoms with Crippen molar-refractivity contribution in [3.05, 3.63) is 152 Å². The van der Waals surface area contributed by atoms with Crippen LogP contribution in [0.1, 0.15) is 0 Å². The first-order valence-corrected chi connectivity index (χ1v) is 15.0. The molecule has 0 spiro atoms. The van der Waals surface area contributed by atoms with Crippen LogP contribution in [-0.2, 0) is 0 Å². The van der Waals surface area contributed by atoms with Crippen molar-refractivity contribution < 1.29 is 4.42 Å². The van der Waals surface area contributed by atoms with Crippen molar-refractivity contribution in [2.24, 2.45) is 0 Å². The molecule has 9 rings (SSSR count). The molecule has 0 amide bonds. The van der Waals surface area contributed by atoms with Gasteiger partial charge in [-0.15, -0.1) is 0 Å². The van der Waals surface area contributed by atoms with Gasteiger partial charge in [0.25, 0.3) is 0 Å². The molecule has 0 saturated heterocycles. The third-order valence-electron chi connectivity index (χ3n) is 8.49. The fraction of sp³-hybridized carbons (Fsp3) is 0. The van der Waals surface area contributed by atoms with Gasteiger partial charge >= 0.3 is 0 Å². The minimum absolute atomic E-state index is 0.604. The van der Waals surface area contributed by atoms with Gasteiger partial charge in [-0.3, -0.25) is 0 Å². The highest BCUT2D eigenvalue weighted by Gasteiger charge is 2.16. The van der Waals surface area contributed by atoms with E-state index in [1.54, 1.807) is 0 Å². The summed E-state index contributed by atoms with van der Waals surface area (Å²) in [6.45, 7) is 0. The van der Waals surface area contributed by atoms with E-state index in [-0.39, 0.29) is 0 Å². The SMILES string of the molecule is c1ccc(-c2ccc3cc4oc5cc(-c6nc(-c7ccccc7)nc(-c7cccc8ccccc78)n6)ccc5c4cc3c2)cc1. The maximum atomic E-state index is 6.45. The molecule has 0 saturated carbocycles. The molecule has 7 aromatic carbocycles. The second-order valence-electron chi connectivity index (χ2n) is 11.3. The number of hydrogen-bond acceptors (Lipinski definition) is 4. The predicted octanol–water partition coefficient (Wildman–Crippen LogP) is 10.7. The van der Waals surface area contributed by atoms with Crippen LogP contribution in [0.25, 0.3) is 88.8 Å². The number of aromatic nitrogens is 3. The molecule has 0 fully saturated rings. The monoisotopic (exact) mass is 575 g/mol. The Hall–Kier alpha value is -6.13. The molecule has 45 heavy (non-hydrogen) atoms. The van der Waals surface area contributed by atoms with E-state index in [0.29, 0.717) is 17.5 Å². The molecule has 210 valence electrons. The highest BCUT2D eigenvalue weighted by Crippen LogP contribution is 2.36. The topological polar surface area (TPSA) is 51.8 Å². The molecule has 0 aliphatic rings. The summed E-state index contributed by atoms with van der Waals surface area (Å²) in [5, 5.41) is 6.72. The van der Waals surface area contributed by atoms with Gasteiger partial charge in [-0.25, -0.2) is 15.0 Å². The average Bonchev–Trinajstić information content (AvgIpc) is 3.47. The van der Waals surface area contributed by atoms with Crippen LogP contribution in [0.15, 0.2) is 156 Å². The Morgan fingerprint density at radius 1 is 0.333 bits per heavy atom. The van der Waals surface area contributed by atoms with Crippen LogP contribution in [0.4, 0.5) is 0 Å². The fourth-order valence-corrected chi connectivity index (χ4v) is 6.23. The van der Waals surface area contributed by atoms with Crippen LogP contribution in [0, 0.1) is 0 Å². The van der Waals surface area contributed by atoms with E-state index < -0.39 is 0 Å². The molecular weight excluding hydrogens is 550 g/mol. The van der Waals surface area contributed by atoms with Crippen molar-refractivity contribution in [1.82, 2.24) is 15.0 Å². The van der Waals surface area contributed by atoms with Gasteiger partial charge in [0.2, 0.25) is 0 Å². The summed E-state index contributed by atoms with van der Waals surface area (Å²) in [5.74, 6) is 1.88. The van der Waals surface area contributed by atoms with Gasteiger partial charge in [0.15, 0.2) is 17.5 Å². The highest BCUT2D eigenvalue weighted by molar-refractivity contribution is 6.11. The molecule has 2 heterocycles. The molecule has 0 atom stereocenters. The number of fused-ring (bicyclic) bond motifs is 5. The standard InChI is InChI=1S/C41H25N3O/c1-3-10-26(11-4-1)29-18-19-30-24-38-36(23-32(30)22-29)34-21-20-31(25-37(34)45-38)40-42-39(28-13-5-2-6-14-28)43-41(44-40)35-17-9-15-27-12-7-8-16-33(27)35/h1-25H. The molecule has 0 bridgehead atoms. The van der Waals surface area contributed by atoms with Crippen LogP contribution >= 0.6 is 0 Å². The van der Waals surface area contributed by atoms with E-state index in [0.717, 1.165) is 54.8 Å². The molecule has 2 aromatic heterocycles. The van der Waals surface area contributed by atoms with Crippen molar-refractivity contribution in [3.63, 3.8) is 0 Å². The number of hydrogen-bond donors (Lipinski definition) is 0. The maximum absolute atomic E-state index is 6.45. The zero-order valence-corrected chi connectivity index (χ0v) is 24.2. The van der Waals surface area contributed by atoms with Crippen molar-refractivity contribution in [2.45, 2.75) is 0 Å². The van der Waals surface area contributed by atoms with E-state index in [2.05, 4.69) is 97.1 Å². The van der Waals surface area contributed by atoms with Crippen molar-refractivity contribution in [1.29, 1.82) is 0 Å². The second-order valence-corrected chi connectivity index (χ2v) is 11.3. The second kappa shape index (κ2) is 10.2. The highest BCUT2D eigenvalue weighted by atomic mass is 16.3. The van der Waals surface area contributed by atoms with Crippen LogP contribution in [-0.4, -0.2) is 15.0 Å². The summed E-state index contributed by atoms with van der Waals surface area (Å²) in [6.07, 6.45) is 0. The Morgan fingerprint density at radius 2 is 1.00 bits per heavy atom. The molecule has 9 aromatic rings. The van der Waals surface area contributed by atoms with Gasteiger partial charge in [-0.05, 0) is 63.0 Å². The van der Waals surface area contributed by atoms with Crippen molar-refractivity contribution in [3.8, 4) is 45.3 Å². The lowest BCUT2D eigenvalue weighted by molar-refractivity contribution is 0.669. The largest absolute Gasteiger partial charge is 0.456 e. The summed E-state index contributed by atoms with van der Waals surface area (Å²) in [4.78, 5) is 15.0. The quantitative estimate of drug-likeness (QED) is 0.209. The Labute approximate surface area is 259 Å². The first-order valence-electron chi connectivity index (χ1n) is 15.0. The average molecular weight is 576 g/mol. The normalized spacial score (nSPS) is 11.6. The smallest absolute Gasteiger partial charge is 0.164 e. The number of nitrogens with zero attached hydrogens (tertiary/aromatic N) is 3. The van der Waals surface area contributed by atoms with Gasteiger partial charge in [-0.1, -0.05) is 121 Å². The zero-order chi connectivity index (χ0) is 29.7. The van der Waals surface area contributed by atoms with E-state index in [4.69, 9.17) is 19.4 Å². The van der Waals surface area contributed by atoms with Crippen LogP contribution < -0.4 is 0 Å². The summed E-state index contributed by atoms with van der Waals surface area (Å²) in [6, 6.07) is 52.3. The molecular formula is C41H25N3O. The molecule has 0 aliphatic carbocycles. The summed E-state index contributed by atoms with van der Waals surface area (Å²) >= 11 is 0. The molecule has 4 nitrogen and oxygen atoms in total.